The molecule has 1 aromatic rings. The lowest BCUT2D eigenvalue weighted by Gasteiger charge is -2.07. The Labute approximate surface area is 105 Å². The summed E-state index contributed by atoms with van der Waals surface area (Å²) in [7, 11) is 0. The highest BCUT2D eigenvalue weighted by atomic mass is 16.5. The third-order valence-corrected chi connectivity index (χ3v) is 1.95. The highest BCUT2D eigenvalue weighted by Crippen LogP contribution is 2.12. The van der Waals surface area contributed by atoms with E-state index < -0.39 is 12.1 Å². The minimum Gasteiger partial charge on any atom is -0.462 e. The predicted octanol–water partition coefficient (Wildman–Crippen LogP) is 2.60. The van der Waals surface area contributed by atoms with E-state index in [0.717, 1.165) is 0 Å². The predicted molar refractivity (Wildman–Crippen MR) is 67.6 cm³/mol. The molecule has 96 valence electrons. The van der Waals surface area contributed by atoms with E-state index in [4.69, 9.17) is 9.47 Å². The average molecular weight is 249 g/mol. The Morgan fingerprint density at radius 3 is 2.83 bits per heavy atom. The van der Waals surface area contributed by atoms with Crippen LogP contribution in [0.15, 0.2) is 36.9 Å². The van der Waals surface area contributed by atoms with Gasteiger partial charge >= 0.3 is 12.1 Å². The first-order valence-electron chi connectivity index (χ1n) is 5.49. The smallest absolute Gasteiger partial charge is 0.411 e. The Bertz CT molecular complexity index is 442. The molecule has 0 aliphatic rings. The zero-order valence-electron chi connectivity index (χ0n) is 10.1. The number of hydrogen-bond donors (Lipinski definition) is 1. The molecule has 5 heteroatoms. The molecule has 0 aromatic heterocycles. The highest BCUT2D eigenvalue weighted by Gasteiger charge is 2.08. The van der Waals surface area contributed by atoms with Crippen LogP contribution in [0, 0.1) is 0 Å². The van der Waals surface area contributed by atoms with Crippen LogP contribution >= 0.6 is 0 Å². The Hall–Kier alpha value is -2.30. The zero-order chi connectivity index (χ0) is 13.4. The maximum absolute atomic E-state index is 11.5. The first-order chi connectivity index (χ1) is 8.67. The topological polar surface area (TPSA) is 64.6 Å². The van der Waals surface area contributed by atoms with Gasteiger partial charge in [-0.25, -0.2) is 9.59 Å². The minimum absolute atomic E-state index is 0.128. The first kappa shape index (κ1) is 13.8. The molecule has 0 atom stereocenters. The number of carbonyl (C=O) groups is 2. The van der Waals surface area contributed by atoms with Gasteiger partial charge in [-0.3, -0.25) is 5.32 Å². The standard InChI is InChI=1S/C13H15NO4/c1-3-8-18-13(16)14-11-7-5-6-10(9-11)12(15)17-4-2/h3,5-7,9H,1,4,8H2,2H3,(H,14,16). The molecule has 0 fully saturated rings. The van der Waals surface area contributed by atoms with Gasteiger partial charge in [0.05, 0.1) is 12.2 Å². The van der Waals surface area contributed by atoms with Crippen molar-refractivity contribution in [3.63, 3.8) is 0 Å². The molecule has 0 saturated carbocycles. The Kier molecular flexibility index (Phi) is 5.44. The monoisotopic (exact) mass is 249 g/mol. The van der Waals surface area contributed by atoms with Crippen LogP contribution in [-0.4, -0.2) is 25.3 Å². The summed E-state index contributed by atoms with van der Waals surface area (Å²) in [4.78, 5) is 22.8. The number of rotatable bonds is 5. The van der Waals surface area contributed by atoms with Gasteiger partial charge in [0.1, 0.15) is 6.61 Å². The minimum atomic E-state index is -0.601. The lowest BCUT2D eigenvalue weighted by Crippen LogP contribution is -2.14. The fourth-order valence-electron chi connectivity index (χ4n) is 1.23. The summed E-state index contributed by atoms with van der Waals surface area (Å²) in [5.41, 5.74) is 0.841. The third kappa shape index (κ3) is 4.29. The molecular weight excluding hydrogens is 234 g/mol. The molecule has 1 rings (SSSR count). The summed E-state index contributed by atoms with van der Waals surface area (Å²) in [6.07, 6.45) is 0.866. The van der Waals surface area contributed by atoms with Crippen LogP contribution in [0.1, 0.15) is 17.3 Å². The first-order valence-corrected chi connectivity index (χ1v) is 5.49. The number of amides is 1. The van der Waals surface area contributed by atoms with Crippen molar-refractivity contribution < 1.29 is 19.1 Å². The number of esters is 1. The third-order valence-electron chi connectivity index (χ3n) is 1.95. The lowest BCUT2D eigenvalue weighted by molar-refractivity contribution is 0.0526. The second-order valence-electron chi connectivity index (χ2n) is 3.31. The van der Waals surface area contributed by atoms with Gasteiger partial charge in [-0.2, -0.15) is 0 Å². The lowest BCUT2D eigenvalue weighted by atomic mass is 10.2. The van der Waals surface area contributed by atoms with E-state index in [9.17, 15) is 9.59 Å². The Morgan fingerprint density at radius 2 is 2.17 bits per heavy atom. The van der Waals surface area contributed by atoms with Crippen LogP contribution < -0.4 is 5.32 Å². The molecule has 0 saturated heterocycles. The fraction of sp³-hybridized carbons (Fsp3) is 0.231. The molecule has 5 nitrogen and oxygen atoms in total. The summed E-state index contributed by atoms with van der Waals surface area (Å²) < 4.78 is 9.62. The average Bonchev–Trinajstić information content (AvgIpc) is 2.37. The van der Waals surface area contributed by atoms with Crippen molar-refractivity contribution in [2.24, 2.45) is 0 Å². The number of benzene rings is 1. The highest BCUT2D eigenvalue weighted by molar-refractivity contribution is 5.92. The van der Waals surface area contributed by atoms with Gasteiger partial charge in [0.15, 0.2) is 0 Å². The summed E-state index contributed by atoms with van der Waals surface area (Å²) >= 11 is 0. The van der Waals surface area contributed by atoms with Gasteiger partial charge in [0.2, 0.25) is 0 Å². The Morgan fingerprint density at radius 1 is 1.39 bits per heavy atom. The van der Waals surface area contributed by atoms with Crippen LogP contribution in [0.3, 0.4) is 0 Å². The van der Waals surface area contributed by atoms with E-state index in [1.165, 1.54) is 12.1 Å². The van der Waals surface area contributed by atoms with Gasteiger partial charge in [0.25, 0.3) is 0 Å². The van der Waals surface area contributed by atoms with Crippen LogP contribution in [0.25, 0.3) is 0 Å². The SMILES string of the molecule is C=CCOC(=O)Nc1cccc(C(=O)OCC)c1. The largest absolute Gasteiger partial charge is 0.462 e. The molecule has 18 heavy (non-hydrogen) atoms. The molecule has 0 aliphatic heterocycles. The molecule has 0 radical (unpaired) electrons. The molecule has 0 heterocycles. The van der Waals surface area contributed by atoms with E-state index >= 15 is 0 Å². The molecule has 0 aliphatic carbocycles. The maximum Gasteiger partial charge on any atom is 0.411 e. The number of carbonyl (C=O) groups excluding carboxylic acids is 2. The number of nitrogens with one attached hydrogen (secondary N) is 1. The van der Waals surface area contributed by atoms with Crippen molar-refractivity contribution in [3.05, 3.63) is 42.5 Å². The second-order valence-corrected chi connectivity index (χ2v) is 3.31. The second kappa shape index (κ2) is 7.11. The summed E-state index contributed by atoms with van der Waals surface area (Å²) in [6.45, 7) is 5.59. The van der Waals surface area contributed by atoms with E-state index in [1.54, 1.807) is 25.1 Å². The normalized spacial score (nSPS) is 9.39. The van der Waals surface area contributed by atoms with Gasteiger partial charge in [-0.15, -0.1) is 0 Å². The van der Waals surface area contributed by atoms with E-state index in [2.05, 4.69) is 11.9 Å². The molecule has 1 aromatic carbocycles. The van der Waals surface area contributed by atoms with Gasteiger partial charge in [0, 0.05) is 5.69 Å². The number of anilines is 1. The summed E-state index contributed by atoms with van der Waals surface area (Å²) in [5.74, 6) is -0.430. The van der Waals surface area contributed by atoms with Crippen molar-refractivity contribution in [1.82, 2.24) is 0 Å². The van der Waals surface area contributed by atoms with E-state index in [-0.39, 0.29) is 6.61 Å². The van der Waals surface area contributed by atoms with Crippen molar-refractivity contribution in [1.29, 1.82) is 0 Å². The van der Waals surface area contributed by atoms with E-state index in [0.29, 0.717) is 17.9 Å². The number of ether oxygens (including phenoxy) is 2. The summed E-state index contributed by atoms with van der Waals surface area (Å²) in [6, 6.07) is 6.43. The number of hydrogen-bond acceptors (Lipinski definition) is 4. The van der Waals surface area contributed by atoms with Crippen LogP contribution in [-0.2, 0) is 9.47 Å². The maximum atomic E-state index is 11.5. The van der Waals surface area contributed by atoms with Crippen LogP contribution in [0.2, 0.25) is 0 Å². The fourth-order valence-corrected chi connectivity index (χ4v) is 1.23. The molecular formula is C13H15NO4. The molecule has 1 amide bonds. The van der Waals surface area contributed by atoms with Gasteiger partial charge < -0.3 is 9.47 Å². The van der Waals surface area contributed by atoms with Gasteiger partial charge in [-0.05, 0) is 25.1 Å². The molecule has 0 bridgehead atoms. The molecule has 0 unspecified atom stereocenters. The van der Waals surface area contributed by atoms with Crippen molar-refractivity contribution in [2.45, 2.75) is 6.92 Å². The zero-order valence-corrected chi connectivity index (χ0v) is 10.1. The molecule has 0 spiro atoms. The van der Waals surface area contributed by atoms with Crippen molar-refractivity contribution >= 4 is 17.7 Å². The van der Waals surface area contributed by atoms with Crippen LogP contribution in [0.5, 0.6) is 0 Å². The molecule has 1 N–H and O–H groups in total. The quantitative estimate of drug-likeness (QED) is 0.643. The van der Waals surface area contributed by atoms with Gasteiger partial charge in [-0.1, -0.05) is 18.7 Å². The van der Waals surface area contributed by atoms with E-state index in [1.807, 2.05) is 0 Å². The van der Waals surface area contributed by atoms with Crippen molar-refractivity contribution in [2.75, 3.05) is 18.5 Å². The van der Waals surface area contributed by atoms with Crippen molar-refractivity contribution in [3.8, 4) is 0 Å². The van der Waals surface area contributed by atoms with Crippen LogP contribution in [0.4, 0.5) is 10.5 Å². The summed E-state index contributed by atoms with van der Waals surface area (Å²) in [5, 5.41) is 2.50. The Balaban J connectivity index is 2.67.